The van der Waals surface area contributed by atoms with Crippen LogP contribution in [0.2, 0.25) is 0 Å². The first kappa shape index (κ1) is 11.8. The molecule has 5 heteroatoms. The zero-order valence-corrected chi connectivity index (χ0v) is 9.80. The van der Waals surface area contributed by atoms with Crippen molar-refractivity contribution in [3.05, 3.63) is 23.8 Å². The molecule has 0 aliphatic rings. The van der Waals surface area contributed by atoms with E-state index in [1.807, 2.05) is 13.8 Å². The number of nitrogens with one attached hydrogen (secondary N) is 1. The van der Waals surface area contributed by atoms with Gasteiger partial charge in [-0.25, -0.2) is 8.42 Å². The van der Waals surface area contributed by atoms with Crippen LogP contribution in [0.3, 0.4) is 0 Å². The Bertz CT molecular complexity index is 452. The van der Waals surface area contributed by atoms with E-state index in [-0.39, 0.29) is 11.7 Å². The number of rotatable bonds is 3. The van der Waals surface area contributed by atoms with E-state index in [1.165, 1.54) is 0 Å². The molecule has 0 amide bonds. The Morgan fingerprint density at radius 3 is 2.40 bits per heavy atom. The lowest BCUT2D eigenvalue weighted by Crippen LogP contribution is -2.11. The SMILES string of the molecule is CC(C)c1c(O)cccc1NS(C)(=O)=O. The fourth-order valence-electron chi connectivity index (χ4n) is 1.45. The second-order valence-electron chi connectivity index (χ2n) is 3.77. The van der Waals surface area contributed by atoms with Gasteiger partial charge < -0.3 is 5.11 Å². The lowest BCUT2D eigenvalue weighted by molar-refractivity contribution is 0.465. The fraction of sp³-hybridized carbons (Fsp3) is 0.400. The minimum atomic E-state index is -3.31. The lowest BCUT2D eigenvalue weighted by Gasteiger charge is -2.14. The first-order chi connectivity index (χ1) is 6.81. The van der Waals surface area contributed by atoms with Gasteiger partial charge in [-0.2, -0.15) is 0 Å². The van der Waals surface area contributed by atoms with Gasteiger partial charge in [0.15, 0.2) is 0 Å². The minimum Gasteiger partial charge on any atom is -0.508 e. The van der Waals surface area contributed by atoms with E-state index in [9.17, 15) is 13.5 Å². The number of anilines is 1. The highest BCUT2D eigenvalue weighted by molar-refractivity contribution is 7.92. The average Bonchev–Trinajstić information content (AvgIpc) is 1.99. The largest absolute Gasteiger partial charge is 0.508 e. The predicted molar refractivity (Wildman–Crippen MR) is 60.7 cm³/mol. The molecule has 0 radical (unpaired) electrons. The molecule has 0 aliphatic heterocycles. The molecule has 0 atom stereocenters. The van der Waals surface area contributed by atoms with Crippen molar-refractivity contribution in [1.82, 2.24) is 0 Å². The van der Waals surface area contributed by atoms with Crippen LogP contribution in [-0.4, -0.2) is 19.8 Å². The van der Waals surface area contributed by atoms with E-state index < -0.39 is 10.0 Å². The molecule has 0 aliphatic carbocycles. The van der Waals surface area contributed by atoms with Gasteiger partial charge in [0.2, 0.25) is 10.0 Å². The van der Waals surface area contributed by atoms with Crippen LogP contribution in [0.1, 0.15) is 25.3 Å². The van der Waals surface area contributed by atoms with Crippen LogP contribution in [0.4, 0.5) is 5.69 Å². The molecular weight excluding hydrogens is 214 g/mol. The van der Waals surface area contributed by atoms with Gasteiger partial charge in [0.1, 0.15) is 5.75 Å². The molecule has 0 bridgehead atoms. The van der Waals surface area contributed by atoms with Crippen molar-refractivity contribution >= 4 is 15.7 Å². The molecule has 0 fully saturated rings. The number of hydrogen-bond donors (Lipinski definition) is 2. The molecule has 2 N–H and O–H groups in total. The van der Waals surface area contributed by atoms with Crippen molar-refractivity contribution in [2.45, 2.75) is 19.8 Å². The number of phenolic OH excluding ortho intramolecular Hbond substituents is 1. The van der Waals surface area contributed by atoms with Gasteiger partial charge in [0, 0.05) is 5.56 Å². The van der Waals surface area contributed by atoms with Crippen molar-refractivity contribution in [3.8, 4) is 5.75 Å². The summed E-state index contributed by atoms with van der Waals surface area (Å²) >= 11 is 0. The highest BCUT2D eigenvalue weighted by Crippen LogP contribution is 2.32. The molecule has 1 rings (SSSR count). The number of benzene rings is 1. The Kier molecular flexibility index (Phi) is 3.24. The molecule has 84 valence electrons. The zero-order valence-electron chi connectivity index (χ0n) is 8.98. The van der Waals surface area contributed by atoms with Crippen LogP contribution >= 0.6 is 0 Å². The van der Waals surface area contributed by atoms with Gasteiger partial charge in [0.25, 0.3) is 0 Å². The minimum absolute atomic E-state index is 0.0513. The second-order valence-corrected chi connectivity index (χ2v) is 5.52. The fourth-order valence-corrected chi connectivity index (χ4v) is 2.03. The molecule has 0 saturated heterocycles. The van der Waals surface area contributed by atoms with Crippen LogP contribution in [0.25, 0.3) is 0 Å². The van der Waals surface area contributed by atoms with E-state index in [0.717, 1.165) is 6.26 Å². The Balaban J connectivity index is 3.24. The molecule has 4 nitrogen and oxygen atoms in total. The smallest absolute Gasteiger partial charge is 0.229 e. The summed E-state index contributed by atoms with van der Waals surface area (Å²) in [5, 5.41) is 9.62. The first-order valence-corrected chi connectivity index (χ1v) is 6.50. The van der Waals surface area contributed by atoms with Crippen LogP contribution in [-0.2, 0) is 10.0 Å². The summed E-state index contributed by atoms with van der Waals surface area (Å²) < 4.78 is 24.6. The maximum atomic E-state index is 11.1. The predicted octanol–water partition coefficient (Wildman–Crippen LogP) is 1.89. The summed E-state index contributed by atoms with van der Waals surface area (Å²) in [4.78, 5) is 0. The molecular formula is C10H15NO3S. The summed E-state index contributed by atoms with van der Waals surface area (Å²) in [5.41, 5.74) is 1.05. The maximum absolute atomic E-state index is 11.1. The third kappa shape index (κ3) is 3.13. The van der Waals surface area contributed by atoms with E-state index >= 15 is 0 Å². The molecule has 15 heavy (non-hydrogen) atoms. The van der Waals surface area contributed by atoms with Crippen molar-refractivity contribution in [1.29, 1.82) is 0 Å². The second kappa shape index (κ2) is 4.10. The number of sulfonamides is 1. The highest BCUT2D eigenvalue weighted by Gasteiger charge is 2.13. The van der Waals surface area contributed by atoms with Gasteiger partial charge in [-0.05, 0) is 18.1 Å². The molecule has 1 aromatic rings. The third-order valence-electron chi connectivity index (χ3n) is 1.96. The lowest BCUT2D eigenvalue weighted by atomic mass is 10.0. The Hall–Kier alpha value is -1.23. The number of phenols is 1. The Morgan fingerprint density at radius 1 is 1.33 bits per heavy atom. The molecule has 0 spiro atoms. The molecule has 0 aromatic heterocycles. The summed E-state index contributed by atoms with van der Waals surface area (Å²) in [7, 11) is -3.31. The number of hydrogen-bond acceptors (Lipinski definition) is 3. The van der Waals surface area contributed by atoms with Gasteiger partial charge in [0.05, 0.1) is 11.9 Å². The van der Waals surface area contributed by atoms with Crippen LogP contribution in [0.5, 0.6) is 5.75 Å². The topological polar surface area (TPSA) is 66.4 Å². The van der Waals surface area contributed by atoms with Gasteiger partial charge in [-0.1, -0.05) is 19.9 Å². The van der Waals surface area contributed by atoms with E-state index in [2.05, 4.69) is 4.72 Å². The summed E-state index contributed by atoms with van der Waals surface area (Å²) in [6.45, 7) is 3.78. The van der Waals surface area contributed by atoms with Crippen molar-refractivity contribution in [2.24, 2.45) is 0 Å². The van der Waals surface area contributed by atoms with Gasteiger partial charge >= 0.3 is 0 Å². The normalized spacial score (nSPS) is 11.7. The molecule has 0 unspecified atom stereocenters. The third-order valence-corrected chi connectivity index (χ3v) is 2.55. The number of aromatic hydroxyl groups is 1. The van der Waals surface area contributed by atoms with Crippen LogP contribution in [0, 0.1) is 0 Å². The Labute approximate surface area is 90.0 Å². The van der Waals surface area contributed by atoms with Crippen LogP contribution in [0.15, 0.2) is 18.2 Å². The molecule has 0 saturated carbocycles. The monoisotopic (exact) mass is 229 g/mol. The van der Waals surface area contributed by atoms with Crippen LogP contribution < -0.4 is 4.72 Å². The maximum Gasteiger partial charge on any atom is 0.229 e. The van der Waals surface area contributed by atoms with Crippen molar-refractivity contribution in [3.63, 3.8) is 0 Å². The van der Waals surface area contributed by atoms with Gasteiger partial charge in [-0.15, -0.1) is 0 Å². The summed E-state index contributed by atoms with van der Waals surface area (Å²) in [6.07, 6.45) is 1.08. The van der Waals surface area contributed by atoms with E-state index in [1.54, 1.807) is 18.2 Å². The first-order valence-electron chi connectivity index (χ1n) is 4.61. The van der Waals surface area contributed by atoms with Crippen molar-refractivity contribution in [2.75, 3.05) is 11.0 Å². The molecule has 1 aromatic carbocycles. The van der Waals surface area contributed by atoms with E-state index in [4.69, 9.17) is 0 Å². The average molecular weight is 229 g/mol. The summed E-state index contributed by atoms with van der Waals surface area (Å²) in [6, 6.07) is 4.79. The van der Waals surface area contributed by atoms with E-state index in [0.29, 0.717) is 11.3 Å². The van der Waals surface area contributed by atoms with Gasteiger partial charge in [-0.3, -0.25) is 4.72 Å². The molecule has 0 heterocycles. The Morgan fingerprint density at radius 2 is 1.93 bits per heavy atom. The highest BCUT2D eigenvalue weighted by atomic mass is 32.2. The standard InChI is InChI=1S/C10H15NO3S/c1-7(2)10-8(11-15(3,13)14)5-4-6-9(10)12/h4-7,11-12H,1-3H3. The quantitative estimate of drug-likeness (QED) is 0.831. The zero-order chi connectivity index (χ0) is 11.6. The summed E-state index contributed by atoms with van der Waals surface area (Å²) in [5.74, 6) is 0.161. The van der Waals surface area contributed by atoms with Crippen molar-refractivity contribution < 1.29 is 13.5 Å².